The van der Waals surface area contributed by atoms with Crippen molar-refractivity contribution in [3.05, 3.63) is 33.1 Å². The van der Waals surface area contributed by atoms with E-state index >= 15 is 0 Å². The Labute approximate surface area is 120 Å². The average Bonchev–Trinajstić information content (AvgIpc) is 2.21. The highest BCUT2D eigenvalue weighted by Gasteiger charge is 2.23. The standard InChI is InChI=1S/C13H17FINO2/c1-13(2,3)18-12(17)11(16)7-8-6-9(15)4-5-10(8)14/h4-6,11H,7,16H2,1-3H3/t11-/m0/s1. The second-order valence-electron chi connectivity index (χ2n) is 5.08. The molecule has 0 aliphatic carbocycles. The molecule has 3 nitrogen and oxygen atoms in total. The van der Waals surface area contributed by atoms with Gasteiger partial charge in [0.05, 0.1) is 0 Å². The van der Waals surface area contributed by atoms with Crippen LogP contribution < -0.4 is 5.73 Å². The molecule has 0 saturated heterocycles. The molecule has 0 amide bonds. The van der Waals surface area contributed by atoms with E-state index in [4.69, 9.17) is 10.5 Å². The zero-order valence-electron chi connectivity index (χ0n) is 10.7. The monoisotopic (exact) mass is 365 g/mol. The minimum absolute atomic E-state index is 0.136. The van der Waals surface area contributed by atoms with Crippen LogP contribution in [0.15, 0.2) is 18.2 Å². The van der Waals surface area contributed by atoms with Gasteiger partial charge in [0.1, 0.15) is 17.5 Å². The van der Waals surface area contributed by atoms with Crippen LogP contribution in [0.3, 0.4) is 0 Å². The van der Waals surface area contributed by atoms with Crippen molar-refractivity contribution in [2.24, 2.45) is 5.73 Å². The molecular formula is C13H17FINO2. The van der Waals surface area contributed by atoms with Crippen molar-refractivity contribution in [1.29, 1.82) is 0 Å². The molecule has 1 aromatic rings. The van der Waals surface area contributed by atoms with Crippen molar-refractivity contribution in [3.63, 3.8) is 0 Å². The molecule has 1 rings (SSSR count). The van der Waals surface area contributed by atoms with Crippen LogP contribution in [-0.2, 0) is 16.0 Å². The highest BCUT2D eigenvalue weighted by Crippen LogP contribution is 2.15. The molecular weight excluding hydrogens is 348 g/mol. The topological polar surface area (TPSA) is 52.3 Å². The Balaban J connectivity index is 2.72. The SMILES string of the molecule is CC(C)(C)OC(=O)[C@@H](N)Cc1cc(I)ccc1F. The molecule has 0 fully saturated rings. The van der Waals surface area contributed by atoms with Crippen LogP contribution in [0.4, 0.5) is 4.39 Å². The Morgan fingerprint density at radius 3 is 2.67 bits per heavy atom. The van der Waals surface area contributed by atoms with Crippen LogP contribution in [0, 0.1) is 9.39 Å². The number of benzene rings is 1. The third-order valence-corrected chi connectivity index (χ3v) is 2.83. The van der Waals surface area contributed by atoms with Crippen molar-refractivity contribution in [1.82, 2.24) is 0 Å². The summed E-state index contributed by atoms with van der Waals surface area (Å²) < 4.78 is 19.6. The molecule has 0 aliphatic heterocycles. The molecule has 0 saturated carbocycles. The fourth-order valence-corrected chi connectivity index (χ4v) is 1.95. The number of carbonyl (C=O) groups excluding carboxylic acids is 1. The highest BCUT2D eigenvalue weighted by molar-refractivity contribution is 14.1. The first kappa shape index (κ1) is 15.4. The van der Waals surface area contributed by atoms with Crippen molar-refractivity contribution in [2.75, 3.05) is 0 Å². The van der Waals surface area contributed by atoms with Crippen molar-refractivity contribution in [2.45, 2.75) is 38.8 Å². The molecule has 1 atom stereocenters. The molecule has 0 bridgehead atoms. The second kappa shape index (κ2) is 5.97. The zero-order valence-corrected chi connectivity index (χ0v) is 12.8. The molecule has 0 spiro atoms. The Hall–Kier alpha value is -0.690. The molecule has 2 N–H and O–H groups in total. The number of rotatable bonds is 3. The molecule has 0 aliphatic rings. The number of halogens is 2. The number of esters is 1. The van der Waals surface area contributed by atoms with E-state index in [9.17, 15) is 9.18 Å². The second-order valence-corrected chi connectivity index (χ2v) is 6.33. The zero-order chi connectivity index (χ0) is 13.9. The van der Waals surface area contributed by atoms with Gasteiger partial charge >= 0.3 is 5.97 Å². The van der Waals surface area contributed by atoms with Gasteiger partial charge < -0.3 is 10.5 Å². The first-order chi connectivity index (χ1) is 8.19. The maximum Gasteiger partial charge on any atom is 0.323 e. The van der Waals surface area contributed by atoms with Gasteiger partial charge in [0.2, 0.25) is 0 Å². The van der Waals surface area contributed by atoms with E-state index in [0.717, 1.165) is 3.57 Å². The Morgan fingerprint density at radius 2 is 2.11 bits per heavy atom. The highest BCUT2D eigenvalue weighted by atomic mass is 127. The number of hydrogen-bond acceptors (Lipinski definition) is 3. The molecule has 5 heteroatoms. The van der Waals surface area contributed by atoms with Gasteiger partial charge in [0, 0.05) is 9.99 Å². The lowest BCUT2D eigenvalue weighted by molar-refractivity contribution is -0.156. The van der Waals surface area contributed by atoms with Crippen LogP contribution in [0.25, 0.3) is 0 Å². The van der Waals surface area contributed by atoms with Gasteiger partial charge in [-0.1, -0.05) is 0 Å². The summed E-state index contributed by atoms with van der Waals surface area (Å²) >= 11 is 2.08. The van der Waals surface area contributed by atoms with E-state index in [2.05, 4.69) is 22.6 Å². The molecule has 0 unspecified atom stereocenters. The van der Waals surface area contributed by atoms with Crippen LogP contribution >= 0.6 is 22.6 Å². The van der Waals surface area contributed by atoms with Crippen molar-refractivity contribution < 1.29 is 13.9 Å². The van der Waals surface area contributed by atoms with Gasteiger partial charge in [-0.2, -0.15) is 0 Å². The number of ether oxygens (including phenoxy) is 1. The predicted molar refractivity (Wildman–Crippen MR) is 76.6 cm³/mol. The number of hydrogen-bond donors (Lipinski definition) is 1. The Kier molecular flexibility index (Phi) is 5.10. The Bertz CT molecular complexity index is 443. The number of nitrogens with two attached hydrogens (primary N) is 1. The molecule has 0 aromatic heterocycles. The van der Waals surface area contributed by atoms with Gasteiger partial charge in [-0.25, -0.2) is 4.39 Å². The van der Waals surface area contributed by atoms with E-state index < -0.39 is 17.6 Å². The quantitative estimate of drug-likeness (QED) is 0.662. The fraction of sp³-hybridized carbons (Fsp3) is 0.462. The van der Waals surface area contributed by atoms with Gasteiger partial charge in [0.25, 0.3) is 0 Å². The lowest BCUT2D eigenvalue weighted by Gasteiger charge is -2.22. The maximum absolute atomic E-state index is 13.5. The molecule has 0 radical (unpaired) electrons. The average molecular weight is 365 g/mol. The summed E-state index contributed by atoms with van der Waals surface area (Å²) in [6.45, 7) is 5.30. The first-order valence-corrected chi connectivity index (χ1v) is 6.69. The molecule has 100 valence electrons. The predicted octanol–water partition coefficient (Wildman–Crippen LogP) is 2.64. The number of carbonyl (C=O) groups is 1. The Morgan fingerprint density at radius 1 is 1.50 bits per heavy atom. The lowest BCUT2D eigenvalue weighted by Crippen LogP contribution is -2.39. The smallest absolute Gasteiger partial charge is 0.323 e. The van der Waals surface area contributed by atoms with Gasteiger partial charge in [0.15, 0.2) is 0 Å². The summed E-state index contributed by atoms with van der Waals surface area (Å²) in [5.74, 6) is -0.866. The summed E-state index contributed by atoms with van der Waals surface area (Å²) in [5, 5.41) is 0. The van der Waals surface area contributed by atoms with E-state index in [1.807, 2.05) is 0 Å². The lowest BCUT2D eigenvalue weighted by atomic mass is 10.1. The maximum atomic E-state index is 13.5. The van der Waals surface area contributed by atoms with Gasteiger partial charge in [-0.15, -0.1) is 0 Å². The summed E-state index contributed by atoms with van der Waals surface area (Å²) in [6.07, 6.45) is 0.136. The van der Waals surface area contributed by atoms with Crippen LogP contribution in [0.2, 0.25) is 0 Å². The van der Waals surface area contributed by atoms with Crippen LogP contribution in [-0.4, -0.2) is 17.6 Å². The van der Waals surface area contributed by atoms with Crippen molar-refractivity contribution in [3.8, 4) is 0 Å². The minimum atomic E-state index is -0.850. The summed E-state index contributed by atoms with van der Waals surface area (Å²) in [6, 6.07) is 3.87. The minimum Gasteiger partial charge on any atom is -0.459 e. The third kappa shape index (κ3) is 4.89. The summed E-state index contributed by atoms with van der Waals surface area (Å²) in [4.78, 5) is 11.7. The normalized spacial score (nSPS) is 13.2. The summed E-state index contributed by atoms with van der Waals surface area (Å²) in [7, 11) is 0. The van der Waals surface area contributed by atoms with E-state index in [1.165, 1.54) is 6.07 Å². The van der Waals surface area contributed by atoms with E-state index in [0.29, 0.717) is 5.56 Å². The van der Waals surface area contributed by atoms with E-state index in [-0.39, 0.29) is 12.2 Å². The largest absolute Gasteiger partial charge is 0.459 e. The van der Waals surface area contributed by atoms with E-state index in [1.54, 1.807) is 32.9 Å². The van der Waals surface area contributed by atoms with Crippen molar-refractivity contribution >= 4 is 28.6 Å². The molecule has 1 aromatic carbocycles. The van der Waals surface area contributed by atoms with Gasteiger partial charge in [-0.3, -0.25) is 4.79 Å². The summed E-state index contributed by atoms with van der Waals surface area (Å²) in [5.41, 5.74) is 5.58. The third-order valence-electron chi connectivity index (χ3n) is 2.16. The molecule has 18 heavy (non-hydrogen) atoms. The molecule has 0 heterocycles. The fourth-order valence-electron chi connectivity index (χ4n) is 1.40. The van der Waals surface area contributed by atoms with Gasteiger partial charge in [-0.05, 0) is 67.1 Å². The first-order valence-electron chi connectivity index (χ1n) is 5.61. The van der Waals surface area contributed by atoms with Crippen LogP contribution in [0.5, 0.6) is 0 Å². The van der Waals surface area contributed by atoms with Crippen LogP contribution in [0.1, 0.15) is 26.3 Å².